The molecule has 0 saturated carbocycles. The predicted molar refractivity (Wildman–Crippen MR) is 101 cm³/mol. The highest BCUT2D eigenvalue weighted by atomic mass is 16.5. The van der Waals surface area contributed by atoms with Crippen LogP contribution in [0.5, 0.6) is 0 Å². The molecule has 0 aliphatic carbocycles. The number of hydrogen-bond donors (Lipinski definition) is 0. The van der Waals surface area contributed by atoms with Crippen molar-refractivity contribution in [2.45, 2.75) is 52.7 Å². The van der Waals surface area contributed by atoms with E-state index in [0.717, 1.165) is 12.8 Å². The van der Waals surface area contributed by atoms with E-state index in [9.17, 15) is 0 Å². The topological polar surface area (TPSA) is 9.23 Å². The van der Waals surface area contributed by atoms with Gasteiger partial charge in [0.15, 0.2) is 0 Å². The smallest absolute Gasteiger partial charge is 0.0857 e. The summed E-state index contributed by atoms with van der Waals surface area (Å²) >= 11 is 0. The normalized spacial score (nSPS) is 30.2. The molecular weight excluding hydrogens is 292 g/mol. The minimum absolute atomic E-state index is 0.219. The van der Waals surface area contributed by atoms with Gasteiger partial charge in [-0.15, -0.1) is 0 Å². The Balaban J connectivity index is 1.82. The SMILES string of the molecule is CC[C@H]1O[C@@H](c2cccc(Cc3ccccc3)c2)[C@H](C)[C@@H](C)C1C. The molecule has 24 heavy (non-hydrogen) atoms. The third-order valence-corrected chi connectivity index (χ3v) is 5.98. The van der Waals surface area contributed by atoms with Crippen molar-refractivity contribution < 1.29 is 4.74 Å². The summed E-state index contributed by atoms with van der Waals surface area (Å²) in [7, 11) is 0. The molecule has 3 rings (SSSR count). The summed E-state index contributed by atoms with van der Waals surface area (Å²) in [6, 6.07) is 19.7. The van der Waals surface area contributed by atoms with Gasteiger partial charge in [-0.25, -0.2) is 0 Å². The Kier molecular flexibility index (Phi) is 5.40. The Morgan fingerprint density at radius 3 is 2.21 bits per heavy atom. The van der Waals surface area contributed by atoms with Crippen molar-refractivity contribution in [2.75, 3.05) is 0 Å². The van der Waals surface area contributed by atoms with Crippen molar-refractivity contribution in [3.8, 4) is 0 Å². The van der Waals surface area contributed by atoms with Crippen molar-refractivity contribution in [1.82, 2.24) is 0 Å². The van der Waals surface area contributed by atoms with E-state index in [1.54, 1.807) is 0 Å². The van der Waals surface area contributed by atoms with Gasteiger partial charge in [-0.05, 0) is 47.3 Å². The number of benzene rings is 2. The second kappa shape index (κ2) is 7.53. The molecule has 5 atom stereocenters. The van der Waals surface area contributed by atoms with Crippen molar-refractivity contribution >= 4 is 0 Å². The molecule has 128 valence electrons. The largest absolute Gasteiger partial charge is 0.370 e. The molecule has 2 aromatic rings. The maximum Gasteiger partial charge on any atom is 0.0857 e. The Hall–Kier alpha value is -1.60. The molecule has 0 radical (unpaired) electrons. The van der Waals surface area contributed by atoms with E-state index in [1.165, 1.54) is 16.7 Å². The quantitative estimate of drug-likeness (QED) is 0.667. The summed E-state index contributed by atoms with van der Waals surface area (Å²) in [6.45, 7) is 9.33. The first-order chi connectivity index (χ1) is 11.6. The minimum Gasteiger partial charge on any atom is -0.370 e. The third kappa shape index (κ3) is 3.57. The summed E-state index contributed by atoms with van der Waals surface area (Å²) in [5.74, 6) is 1.87. The van der Waals surface area contributed by atoms with E-state index in [4.69, 9.17) is 4.74 Å². The third-order valence-electron chi connectivity index (χ3n) is 5.98. The maximum atomic E-state index is 6.52. The van der Waals surface area contributed by atoms with Crippen LogP contribution in [0.3, 0.4) is 0 Å². The van der Waals surface area contributed by atoms with Gasteiger partial charge in [-0.3, -0.25) is 0 Å². The van der Waals surface area contributed by atoms with Gasteiger partial charge in [0.2, 0.25) is 0 Å². The lowest BCUT2D eigenvalue weighted by Crippen LogP contribution is -2.40. The number of hydrogen-bond acceptors (Lipinski definition) is 1. The number of rotatable bonds is 4. The predicted octanol–water partition coefficient (Wildman–Crippen LogP) is 6.04. The summed E-state index contributed by atoms with van der Waals surface area (Å²) in [5, 5.41) is 0. The molecule has 0 N–H and O–H groups in total. The molecule has 0 bridgehead atoms. The van der Waals surface area contributed by atoms with Gasteiger partial charge in [0, 0.05) is 0 Å². The lowest BCUT2D eigenvalue weighted by atomic mass is 9.74. The van der Waals surface area contributed by atoms with Gasteiger partial charge in [-0.1, -0.05) is 82.3 Å². The molecule has 1 aliphatic heterocycles. The van der Waals surface area contributed by atoms with Crippen molar-refractivity contribution in [1.29, 1.82) is 0 Å². The number of ether oxygens (including phenoxy) is 1. The van der Waals surface area contributed by atoms with Crippen LogP contribution in [0.25, 0.3) is 0 Å². The van der Waals surface area contributed by atoms with Crippen LogP contribution in [0, 0.1) is 17.8 Å². The molecule has 1 saturated heterocycles. The van der Waals surface area contributed by atoms with Gasteiger partial charge in [0.25, 0.3) is 0 Å². The van der Waals surface area contributed by atoms with E-state index in [-0.39, 0.29) is 6.10 Å². The van der Waals surface area contributed by atoms with Crippen LogP contribution < -0.4 is 0 Å². The molecule has 1 unspecified atom stereocenters. The van der Waals surface area contributed by atoms with Crippen LogP contribution in [0.4, 0.5) is 0 Å². The lowest BCUT2D eigenvalue weighted by Gasteiger charge is -2.44. The van der Waals surface area contributed by atoms with E-state index in [0.29, 0.717) is 23.9 Å². The van der Waals surface area contributed by atoms with Crippen LogP contribution in [0.15, 0.2) is 54.6 Å². The fourth-order valence-electron chi connectivity index (χ4n) is 4.09. The van der Waals surface area contributed by atoms with E-state index in [2.05, 4.69) is 82.3 Å². The fourth-order valence-corrected chi connectivity index (χ4v) is 4.09. The monoisotopic (exact) mass is 322 g/mol. The molecule has 1 nitrogen and oxygen atoms in total. The standard InChI is InChI=1S/C23H30O/c1-5-22-17(3)16(2)18(4)23(24-22)21-13-9-12-20(15-21)14-19-10-7-6-8-11-19/h6-13,15-18,22-23H,5,14H2,1-4H3/t16-,17?,18+,22+,23+/m0/s1. The first-order valence-corrected chi connectivity index (χ1v) is 9.38. The molecule has 1 aliphatic rings. The second-order valence-electron chi connectivity index (χ2n) is 7.49. The minimum atomic E-state index is 0.219. The molecule has 2 aromatic carbocycles. The lowest BCUT2D eigenvalue weighted by molar-refractivity contribution is -0.136. The molecular formula is C23H30O. The molecule has 0 aromatic heterocycles. The fraction of sp³-hybridized carbons (Fsp3) is 0.478. The van der Waals surface area contributed by atoms with Crippen LogP contribution in [0.2, 0.25) is 0 Å². The van der Waals surface area contributed by atoms with Crippen LogP contribution in [-0.2, 0) is 11.2 Å². The average molecular weight is 322 g/mol. The molecule has 1 heteroatoms. The van der Waals surface area contributed by atoms with Crippen molar-refractivity contribution in [2.24, 2.45) is 17.8 Å². The first-order valence-electron chi connectivity index (χ1n) is 9.38. The highest BCUT2D eigenvalue weighted by Crippen LogP contribution is 2.43. The maximum absolute atomic E-state index is 6.52. The Labute approximate surface area is 147 Å². The molecule has 0 amide bonds. The van der Waals surface area contributed by atoms with Gasteiger partial charge < -0.3 is 4.74 Å². The molecule has 0 spiro atoms. The zero-order valence-corrected chi connectivity index (χ0v) is 15.4. The van der Waals surface area contributed by atoms with Gasteiger partial charge in [0.05, 0.1) is 12.2 Å². The van der Waals surface area contributed by atoms with Crippen LogP contribution in [-0.4, -0.2) is 6.10 Å². The molecule has 1 fully saturated rings. The van der Waals surface area contributed by atoms with Gasteiger partial charge in [-0.2, -0.15) is 0 Å². The summed E-state index contributed by atoms with van der Waals surface area (Å²) < 4.78 is 6.52. The highest BCUT2D eigenvalue weighted by Gasteiger charge is 2.38. The Morgan fingerprint density at radius 2 is 1.50 bits per heavy atom. The van der Waals surface area contributed by atoms with E-state index in [1.807, 2.05) is 0 Å². The van der Waals surface area contributed by atoms with E-state index < -0.39 is 0 Å². The van der Waals surface area contributed by atoms with Crippen LogP contribution in [0.1, 0.15) is 56.9 Å². The van der Waals surface area contributed by atoms with Crippen molar-refractivity contribution in [3.63, 3.8) is 0 Å². The van der Waals surface area contributed by atoms with Crippen molar-refractivity contribution in [3.05, 3.63) is 71.3 Å². The van der Waals surface area contributed by atoms with E-state index >= 15 is 0 Å². The van der Waals surface area contributed by atoms with Gasteiger partial charge >= 0.3 is 0 Å². The average Bonchev–Trinajstić information content (AvgIpc) is 2.61. The first kappa shape index (κ1) is 17.2. The Morgan fingerprint density at radius 1 is 0.792 bits per heavy atom. The highest BCUT2D eigenvalue weighted by molar-refractivity contribution is 5.31. The summed E-state index contributed by atoms with van der Waals surface area (Å²) in [5.41, 5.74) is 4.07. The Bertz CT molecular complexity index is 646. The summed E-state index contributed by atoms with van der Waals surface area (Å²) in [4.78, 5) is 0. The van der Waals surface area contributed by atoms with Crippen LogP contribution >= 0.6 is 0 Å². The van der Waals surface area contributed by atoms with Gasteiger partial charge in [0.1, 0.15) is 0 Å². The second-order valence-corrected chi connectivity index (χ2v) is 7.49. The summed E-state index contributed by atoms with van der Waals surface area (Å²) in [6.07, 6.45) is 2.67. The molecule has 1 heterocycles. The zero-order valence-electron chi connectivity index (χ0n) is 15.4. The zero-order chi connectivity index (χ0) is 17.1.